The lowest BCUT2D eigenvalue weighted by molar-refractivity contribution is 0.0696. The summed E-state index contributed by atoms with van der Waals surface area (Å²) in [7, 11) is -2.50. The molecule has 0 aliphatic carbocycles. The van der Waals surface area contributed by atoms with Crippen LogP contribution in [0.4, 0.5) is 4.39 Å². The van der Waals surface area contributed by atoms with Gasteiger partial charge in [-0.05, 0) is 30.5 Å². The number of carboxylic acids is 1. The molecule has 0 radical (unpaired) electrons. The summed E-state index contributed by atoms with van der Waals surface area (Å²) in [6, 6.07) is 2.75. The van der Waals surface area contributed by atoms with Gasteiger partial charge in [0.2, 0.25) is 10.0 Å². The number of sulfonamides is 1. The van der Waals surface area contributed by atoms with Gasteiger partial charge in [0.15, 0.2) is 0 Å². The van der Waals surface area contributed by atoms with E-state index in [2.05, 4.69) is 0 Å². The highest BCUT2D eigenvalue weighted by Gasteiger charge is 2.34. The molecule has 0 aromatic heterocycles. The number of hydrogen-bond donors (Lipinski definition) is 1. The third-order valence-corrected chi connectivity index (χ3v) is 5.33. The number of aromatic carboxylic acids is 1. The van der Waals surface area contributed by atoms with Crippen LogP contribution in [0.15, 0.2) is 23.1 Å². The van der Waals surface area contributed by atoms with Crippen LogP contribution >= 0.6 is 0 Å². The van der Waals surface area contributed by atoms with Crippen molar-refractivity contribution >= 4 is 16.0 Å². The maximum Gasteiger partial charge on any atom is 0.335 e. The van der Waals surface area contributed by atoms with Gasteiger partial charge in [0.1, 0.15) is 10.7 Å². The SMILES string of the molecule is COCC1CCN(S(=O)(=O)c2cc(C(=O)O)ccc2F)C1. The molecular formula is C13H16FNO5S. The lowest BCUT2D eigenvalue weighted by Crippen LogP contribution is -2.30. The molecule has 0 spiro atoms. The van der Waals surface area contributed by atoms with Gasteiger partial charge in [-0.2, -0.15) is 4.31 Å². The highest BCUT2D eigenvalue weighted by atomic mass is 32.2. The molecule has 1 aromatic rings. The Labute approximate surface area is 122 Å². The Bertz CT molecular complexity index is 646. The number of carbonyl (C=O) groups is 1. The number of nitrogens with zero attached hydrogens (tertiary/aromatic N) is 1. The van der Waals surface area contributed by atoms with Crippen LogP contribution in [0.25, 0.3) is 0 Å². The maximum atomic E-state index is 13.8. The van der Waals surface area contributed by atoms with Gasteiger partial charge in [-0.1, -0.05) is 0 Å². The molecule has 0 saturated carbocycles. The summed E-state index contributed by atoms with van der Waals surface area (Å²) in [6.07, 6.45) is 0.632. The summed E-state index contributed by atoms with van der Waals surface area (Å²) < 4.78 is 44.8. The second kappa shape index (κ2) is 6.08. The molecule has 2 rings (SSSR count). The van der Waals surface area contributed by atoms with Crippen molar-refractivity contribution in [3.63, 3.8) is 0 Å². The van der Waals surface area contributed by atoms with E-state index in [9.17, 15) is 17.6 Å². The Morgan fingerprint density at radius 2 is 2.24 bits per heavy atom. The van der Waals surface area contributed by atoms with Crippen LogP contribution < -0.4 is 0 Å². The minimum Gasteiger partial charge on any atom is -0.478 e. The van der Waals surface area contributed by atoms with Crippen LogP contribution in [0.2, 0.25) is 0 Å². The van der Waals surface area contributed by atoms with Crippen molar-refractivity contribution in [1.29, 1.82) is 0 Å². The van der Waals surface area contributed by atoms with E-state index < -0.39 is 26.7 Å². The Balaban J connectivity index is 2.32. The van der Waals surface area contributed by atoms with E-state index in [1.807, 2.05) is 0 Å². The number of rotatable bonds is 5. The molecule has 1 heterocycles. The van der Waals surface area contributed by atoms with E-state index in [0.29, 0.717) is 13.0 Å². The van der Waals surface area contributed by atoms with Gasteiger partial charge in [0.25, 0.3) is 0 Å². The zero-order valence-corrected chi connectivity index (χ0v) is 12.3. The molecule has 1 N–H and O–H groups in total. The van der Waals surface area contributed by atoms with Gasteiger partial charge < -0.3 is 9.84 Å². The quantitative estimate of drug-likeness (QED) is 0.881. The fraction of sp³-hybridized carbons (Fsp3) is 0.462. The summed E-state index contributed by atoms with van der Waals surface area (Å²) in [5.74, 6) is -2.18. The first-order valence-corrected chi connectivity index (χ1v) is 7.82. The van der Waals surface area contributed by atoms with E-state index in [1.54, 1.807) is 0 Å². The van der Waals surface area contributed by atoms with E-state index in [1.165, 1.54) is 11.4 Å². The molecule has 1 aliphatic rings. The van der Waals surface area contributed by atoms with Crippen molar-refractivity contribution in [3.8, 4) is 0 Å². The second-order valence-corrected chi connectivity index (χ2v) is 6.83. The lowest BCUT2D eigenvalue weighted by Gasteiger charge is -2.17. The summed E-state index contributed by atoms with van der Waals surface area (Å²) >= 11 is 0. The van der Waals surface area contributed by atoms with E-state index in [4.69, 9.17) is 9.84 Å². The number of halogens is 1. The number of ether oxygens (including phenoxy) is 1. The maximum absolute atomic E-state index is 13.8. The summed E-state index contributed by atoms with van der Waals surface area (Å²) in [5, 5.41) is 8.90. The molecule has 1 aliphatic heterocycles. The van der Waals surface area contributed by atoms with E-state index >= 15 is 0 Å². The summed E-state index contributed by atoms with van der Waals surface area (Å²) in [6.45, 7) is 0.948. The second-order valence-electron chi connectivity index (χ2n) is 4.92. The first kappa shape index (κ1) is 15.9. The normalized spacial score (nSPS) is 19.8. The van der Waals surface area contributed by atoms with Crippen molar-refractivity contribution in [1.82, 2.24) is 4.31 Å². The highest BCUT2D eigenvalue weighted by Crippen LogP contribution is 2.26. The molecule has 0 bridgehead atoms. The van der Waals surface area contributed by atoms with Gasteiger partial charge in [-0.15, -0.1) is 0 Å². The van der Waals surface area contributed by atoms with Gasteiger partial charge in [-0.25, -0.2) is 17.6 Å². The zero-order chi connectivity index (χ0) is 15.6. The summed E-state index contributed by atoms with van der Waals surface area (Å²) in [4.78, 5) is 10.3. The zero-order valence-electron chi connectivity index (χ0n) is 11.5. The van der Waals surface area contributed by atoms with Crippen molar-refractivity contribution in [3.05, 3.63) is 29.6 Å². The molecule has 1 saturated heterocycles. The first-order chi connectivity index (χ1) is 9.86. The molecule has 6 nitrogen and oxygen atoms in total. The van der Waals surface area contributed by atoms with Crippen molar-refractivity contribution in [2.24, 2.45) is 5.92 Å². The molecule has 1 fully saturated rings. The minimum atomic E-state index is -4.04. The van der Waals surface area contributed by atoms with Crippen LogP contribution in [-0.2, 0) is 14.8 Å². The standard InChI is InChI=1S/C13H16FNO5S/c1-20-8-9-4-5-15(7-9)21(18,19)12-6-10(13(16)17)2-3-11(12)14/h2-3,6,9H,4-5,7-8H2,1H3,(H,16,17). The Morgan fingerprint density at radius 1 is 1.52 bits per heavy atom. The lowest BCUT2D eigenvalue weighted by atomic mass is 10.1. The number of carboxylic acid groups (broad SMARTS) is 1. The number of hydrogen-bond acceptors (Lipinski definition) is 4. The smallest absolute Gasteiger partial charge is 0.335 e. The summed E-state index contributed by atoms with van der Waals surface area (Å²) in [5.41, 5.74) is -0.261. The molecule has 1 unspecified atom stereocenters. The van der Waals surface area contributed by atoms with Gasteiger partial charge >= 0.3 is 5.97 Å². The highest BCUT2D eigenvalue weighted by molar-refractivity contribution is 7.89. The molecule has 1 atom stereocenters. The van der Waals surface area contributed by atoms with Gasteiger partial charge in [-0.3, -0.25) is 0 Å². The van der Waals surface area contributed by atoms with E-state index in [-0.39, 0.29) is 24.6 Å². The van der Waals surface area contributed by atoms with Crippen LogP contribution in [0.1, 0.15) is 16.8 Å². The first-order valence-electron chi connectivity index (χ1n) is 6.38. The van der Waals surface area contributed by atoms with Crippen LogP contribution in [0.3, 0.4) is 0 Å². The van der Waals surface area contributed by atoms with E-state index in [0.717, 1.165) is 18.2 Å². The number of methoxy groups -OCH3 is 1. The molecular weight excluding hydrogens is 301 g/mol. The van der Waals surface area contributed by atoms with Crippen molar-refractivity contribution in [2.45, 2.75) is 11.3 Å². The largest absolute Gasteiger partial charge is 0.478 e. The van der Waals surface area contributed by atoms with Crippen LogP contribution in [-0.4, -0.2) is 50.6 Å². The van der Waals surface area contributed by atoms with Crippen LogP contribution in [0, 0.1) is 11.7 Å². The monoisotopic (exact) mass is 317 g/mol. The average molecular weight is 317 g/mol. The average Bonchev–Trinajstić information content (AvgIpc) is 2.88. The topological polar surface area (TPSA) is 83.9 Å². The van der Waals surface area contributed by atoms with Crippen molar-refractivity contribution in [2.75, 3.05) is 26.8 Å². The van der Waals surface area contributed by atoms with Gasteiger partial charge in [0.05, 0.1) is 12.2 Å². The fourth-order valence-electron chi connectivity index (χ4n) is 2.36. The Hall–Kier alpha value is -1.51. The third-order valence-electron chi connectivity index (χ3n) is 3.45. The molecule has 1 aromatic carbocycles. The van der Waals surface area contributed by atoms with Crippen LogP contribution in [0.5, 0.6) is 0 Å². The molecule has 8 heteroatoms. The predicted octanol–water partition coefficient (Wildman–Crippen LogP) is 1.18. The fourth-order valence-corrected chi connectivity index (χ4v) is 3.98. The molecule has 116 valence electrons. The number of benzene rings is 1. The minimum absolute atomic E-state index is 0.0653. The predicted molar refractivity (Wildman–Crippen MR) is 72.1 cm³/mol. The third kappa shape index (κ3) is 3.22. The Morgan fingerprint density at radius 3 is 2.86 bits per heavy atom. The molecule has 0 amide bonds. The molecule has 21 heavy (non-hydrogen) atoms. The van der Waals surface area contributed by atoms with Gasteiger partial charge in [0, 0.05) is 20.2 Å². The Kier molecular flexibility index (Phi) is 4.60. The van der Waals surface area contributed by atoms with Crippen molar-refractivity contribution < 1.29 is 27.4 Å².